The van der Waals surface area contributed by atoms with E-state index in [1.807, 2.05) is 23.9 Å². The molecule has 1 aromatic heterocycles. The van der Waals surface area contributed by atoms with Gasteiger partial charge in [0, 0.05) is 30.8 Å². The maximum Gasteiger partial charge on any atom is 0.224 e. The van der Waals surface area contributed by atoms with E-state index in [0.29, 0.717) is 24.2 Å². The Morgan fingerprint density at radius 2 is 2.09 bits per heavy atom. The van der Waals surface area contributed by atoms with Crippen LogP contribution in [0.25, 0.3) is 0 Å². The smallest absolute Gasteiger partial charge is 0.224 e. The highest BCUT2D eigenvalue weighted by atomic mass is 32.2. The molecule has 6 heteroatoms. The molecule has 0 aromatic carbocycles. The Bertz CT molecular complexity index is 526. The van der Waals surface area contributed by atoms with Gasteiger partial charge in [-0.25, -0.2) is 4.98 Å². The molecule has 1 saturated heterocycles. The standard InChI is InChI=1S/C17H25N3O2S/c21-19-16(20-9-11-23-12-10-20)15-7-4-8-18-17(15)22-13-14-5-2-1-3-6-14/h4,7-8,14,21H,1-3,5-6,9-13H2/b19-16-. The van der Waals surface area contributed by atoms with Gasteiger partial charge in [-0.2, -0.15) is 11.8 Å². The van der Waals surface area contributed by atoms with Crippen LogP contribution >= 0.6 is 11.8 Å². The molecule has 0 atom stereocenters. The zero-order valence-electron chi connectivity index (χ0n) is 13.5. The average molecular weight is 335 g/mol. The number of oxime groups is 1. The predicted octanol–water partition coefficient (Wildman–Crippen LogP) is 3.23. The van der Waals surface area contributed by atoms with Gasteiger partial charge in [-0.3, -0.25) is 0 Å². The van der Waals surface area contributed by atoms with Crippen LogP contribution in [0.2, 0.25) is 0 Å². The molecule has 1 saturated carbocycles. The Morgan fingerprint density at radius 1 is 1.30 bits per heavy atom. The first-order valence-corrected chi connectivity index (χ1v) is 9.67. The summed E-state index contributed by atoms with van der Waals surface area (Å²) in [5.74, 6) is 3.90. The van der Waals surface area contributed by atoms with Crippen molar-refractivity contribution >= 4 is 17.6 Å². The summed E-state index contributed by atoms with van der Waals surface area (Å²) in [6, 6.07) is 3.80. The van der Waals surface area contributed by atoms with E-state index in [9.17, 15) is 5.21 Å². The minimum Gasteiger partial charge on any atom is -0.477 e. The van der Waals surface area contributed by atoms with Crippen molar-refractivity contribution in [3.63, 3.8) is 0 Å². The highest BCUT2D eigenvalue weighted by Crippen LogP contribution is 2.26. The summed E-state index contributed by atoms with van der Waals surface area (Å²) in [6.07, 6.45) is 8.18. The molecule has 3 rings (SSSR count). The second-order valence-corrected chi connectivity index (χ2v) is 7.42. The van der Waals surface area contributed by atoms with E-state index in [1.54, 1.807) is 6.20 Å². The number of amidine groups is 1. The lowest BCUT2D eigenvalue weighted by Crippen LogP contribution is -2.38. The molecule has 0 radical (unpaired) electrons. The number of nitrogens with zero attached hydrogens (tertiary/aromatic N) is 3. The quantitative estimate of drug-likeness (QED) is 0.396. The molecular weight excluding hydrogens is 310 g/mol. The summed E-state index contributed by atoms with van der Waals surface area (Å²) in [4.78, 5) is 6.49. The monoisotopic (exact) mass is 335 g/mol. The molecule has 0 amide bonds. The van der Waals surface area contributed by atoms with Gasteiger partial charge in [-0.15, -0.1) is 0 Å². The summed E-state index contributed by atoms with van der Waals surface area (Å²) in [5.41, 5.74) is 0.790. The first kappa shape index (κ1) is 16.4. The Balaban J connectivity index is 1.70. The van der Waals surface area contributed by atoms with Crippen molar-refractivity contribution in [1.82, 2.24) is 9.88 Å². The van der Waals surface area contributed by atoms with Gasteiger partial charge in [0.15, 0.2) is 5.84 Å². The van der Waals surface area contributed by atoms with E-state index in [1.165, 1.54) is 32.1 Å². The molecular formula is C17H25N3O2S. The first-order valence-electron chi connectivity index (χ1n) is 8.51. The zero-order valence-corrected chi connectivity index (χ0v) is 14.3. The van der Waals surface area contributed by atoms with Gasteiger partial charge >= 0.3 is 0 Å². The summed E-state index contributed by atoms with van der Waals surface area (Å²) in [6.45, 7) is 2.49. The van der Waals surface area contributed by atoms with E-state index in [4.69, 9.17) is 4.74 Å². The normalized spacial score (nSPS) is 20.5. The van der Waals surface area contributed by atoms with Gasteiger partial charge < -0.3 is 14.8 Å². The number of rotatable bonds is 4. The minimum atomic E-state index is 0.581. The first-order chi connectivity index (χ1) is 11.4. The number of thioether (sulfide) groups is 1. The van der Waals surface area contributed by atoms with Crippen LogP contribution in [-0.2, 0) is 0 Å². The van der Waals surface area contributed by atoms with Crippen LogP contribution in [0.15, 0.2) is 23.5 Å². The van der Waals surface area contributed by atoms with Crippen LogP contribution in [0.5, 0.6) is 5.88 Å². The molecule has 0 unspecified atom stereocenters. The van der Waals surface area contributed by atoms with Gasteiger partial charge in [-0.1, -0.05) is 24.4 Å². The van der Waals surface area contributed by atoms with Crippen LogP contribution < -0.4 is 4.74 Å². The fourth-order valence-corrected chi connectivity index (χ4v) is 4.19. The third kappa shape index (κ3) is 4.31. The van der Waals surface area contributed by atoms with Gasteiger partial charge in [0.05, 0.1) is 12.2 Å². The van der Waals surface area contributed by atoms with Crippen molar-refractivity contribution in [1.29, 1.82) is 0 Å². The predicted molar refractivity (Wildman–Crippen MR) is 93.5 cm³/mol. The van der Waals surface area contributed by atoms with Gasteiger partial charge in [0.1, 0.15) is 0 Å². The lowest BCUT2D eigenvalue weighted by molar-refractivity contribution is 0.202. The van der Waals surface area contributed by atoms with E-state index in [2.05, 4.69) is 15.0 Å². The summed E-state index contributed by atoms with van der Waals surface area (Å²) >= 11 is 1.93. The Morgan fingerprint density at radius 3 is 2.83 bits per heavy atom. The third-order valence-electron chi connectivity index (χ3n) is 4.60. The Hall–Kier alpha value is -1.43. The van der Waals surface area contributed by atoms with Crippen molar-refractivity contribution in [2.75, 3.05) is 31.2 Å². The zero-order chi connectivity index (χ0) is 15.9. The van der Waals surface area contributed by atoms with Crippen molar-refractivity contribution in [3.05, 3.63) is 23.9 Å². The van der Waals surface area contributed by atoms with Crippen molar-refractivity contribution in [3.8, 4) is 5.88 Å². The number of hydrogen-bond acceptors (Lipinski definition) is 5. The van der Waals surface area contributed by atoms with E-state index >= 15 is 0 Å². The Kier molecular flexibility index (Phi) is 6.02. The maximum atomic E-state index is 9.53. The third-order valence-corrected chi connectivity index (χ3v) is 5.54. The lowest BCUT2D eigenvalue weighted by Gasteiger charge is -2.29. The van der Waals surface area contributed by atoms with E-state index < -0.39 is 0 Å². The lowest BCUT2D eigenvalue weighted by atomic mass is 9.90. The molecule has 5 nitrogen and oxygen atoms in total. The Labute approximate surface area is 142 Å². The maximum absolute atomic E-state index is 9.53. The molecule has 126 valence electrons. The molecule has 23 heavy (non-hydrogen) atoms. The second kappa shape index (κ2) is 8.43. The van der Waals surface area contributed by atoms with Crippen LogP contribution in [0, 0.1) is 5.92 Å². The van der Waals surface area contributed by atoms with Crippen LogP contribution in [0.3, 0.4) is 0 Å². The van der Waals surface area contributed by atoms with Crippen molar-refractivity contribution in [2.24, 2.45) is 11.1 Å². The molecule has 1 aromatic rings. The van der Waals surface area contributed by atoms with Gasteiger partial charge in [0.2, 0.25) is 5.88 Å². The molecule has 1 N–H and O–H groups in total. The minimum absolute atomic E-state index is 0.581. The van der Waals surface area contributed by atoms with Crippen LogP contribution in [0.1, 0.15) is 37.7 Å². The SMILES string of the molecule is O/N=C(/c1cccnc1OCC1CCCCC1)N1CCSCC1. The number of ether oxygens (including phenoxy) is 1. The van der Waals surface area contributed by atoms with Gasteiger partial charge in [0.25, 0.3) is 0 Å². The van der Waals surface area contributed by atoms with E-state index in [-0.39, 0.29) is 0 Å². The summed E-state index contributed by atoms with van der Waals surface area (Å²) in [7, 11) is 0. The highest BCUT2D eigenvalue weighted by Gasteiger charge is 2.22. The van der Waals surface area contributed by atoms with Gasteiger partial charge in [-0.05, 0) is 30.9 Å². The van der Waals surface area contributed by atoms with Crippen molar-refractivity contribution in [2.45, 2.75) is 32.1 Å². The fourth-order valence-electron chi connectivity index (χ4n) is 3.29. The number of aromatic nitrogens is 1. The topological polar surface area (TPSA) is 58.0 Å². The largest absolute Gasteiger partial charge is 0.477 e. The number of hydrogen-bond donors (Lipinski definition) is 1. The molecule has 2 aliphatic rings. The second-order valence-electron chi connectivity index (χ2n) is 6.19. The summed E-state index contributed by atoms with van der Waals surface area (Å²) < 4.78 is 6.02. The molecule has 0 spiro atoms. The molecule has 1 aliphatic heterocycles. The molecule has 2 fully saturated rings. The van der Waals surface area contributed by atoms with Crippen molar-refractivity contribution < 1.29 is 9.94 Å². The van der Waals surface area contributed by atoms with Crippen LogP contribution in [0.4, 0.5) is 0 Å². The number of pyridine rings is 1. The van der Waals surface area contributed by atoms with E-state index in [0.717, 1.165) is 30.2 Å². The highest BCUT2D eigenvalue weighted by molar-refractivity contribution is 7.99. The average Bonchev–Trinajstić information content (AvgIpc) is 2.63. The summed E-state index contributed by atoms with van der Waals surface area (Å²) in [5, 5.41) is 13.1. The fraction of sp³-hybridized carbons (Fsp3) is 0.647. The molecule has 2 heterocycles. The molecule has 1 aliphatic carbocycles. The molecule has 0 bridgehead atoms. The van der Waals surface area contributed by atoms with Crippen LogP contribution in [-0.4, -0.2) is 52.1 Å².